The molecular weight excluding hydrogens is 268 g/mol. The van der Waals surface area contributed by atoms with Crippen LogP contribution >= 0.6 is 0 Å². The fourth-order valence-electron chi connectivity index (χ4n) is 3.23. The highest BCUT2D eigenvalue weighted by molar-refractivity contribution is 5.71. The van der Waals surface area contributed by atoms with Crippen LogP contribution < -0.4 is 5.56 Å². The van der Waals surface area contributed by atoms with E-state index in [0.717, 1.165) is 31.6 Å². The normalized spacial score (nSPS) is 16.4. The van der Waals surface area contributed by atoms with Crippen LogP contribution in [0.25, 0.3) is 16.9 Å². The van der Waals surface area contributed by atoms with E-state index in [2.05, 4.69) is 27.0 Å². The predicted molar refractivity (Wildman–Crippen MR) is 78.4 cm³/mol. The number of rotatable bonds is 3. The summed E-state index contributed by atoms with van der Waals surface area (Å²) in [7, 11) is 0. The SMILES string of the molecule is CCCn1cnc2nc3nc(C4CCCC4)[nH]n3c(=O)c21. The first-order chi connectivity index (χ1) is 10.3. The van der Waals surface area contributed by atoms with Crippen LogP contribution in [0.5, 0.6) is 0 Å². The van der Waals surface area contributed by atoms with Crippen molar-refractivity contribution in [1.29, 1.82) is 0 Å². The molecule has 3 aromatic heterocycles. The molecular formula is C14H18N6O. The van der Waals surface area contributed by atoms with E-state index < -0.39 is 0 Å². The van der Waals surface area contributed by atoms with Crippen molar-refractivity contribution in [2.24, 2.45) is 0 Å². The zero-order valence-electron chi connectivity index (χ0n) is 12.0. The Morgan fingerprint density at radius 2 is 2.14 bits per heavy atom. The highest BCUT2D eigenvalue weighted by atomic mass is 16.1. The second-order valence-electron chi connectivity index (χ2n) is 5.75. The summed E-state index contributed by atoms with van der Waals surface area (Å²) >= 11 is 0. The number of imidazole rings is 1. The van der Waals surface area contributed by atoms with E-state index in [9.17, 15) is 4.79 Å². The van der Waals surface area contributed by atoms with Crippen LogP contribution in [0.1, 0.15) is 50.8 Å². The van der Waals surface area contributed by atoms with Gasteiger partial charge in [-0.1, -0.05) is 19.8 Å². The molecule has 1 saturated carbocycles. The number of H-pyrrole nitrogens is 1. The quantitative estimate of drug-likeness (QED) is 0.796. The molecule has 21 heavy (non-hydrogen) atoms. The zero-order valence-corrected chi connectivity index (χ0v) is 12.0. The largest absolute Gasteiger partial charge is 0.325 e. The fourth-order valence-corrected chi connectivity index (χ4v) is 3.23. The van der Waals surface area contributed by atoms with Gasteiger partial charge in [-0.05, 0) is 19.3 Å². The molecule has 3 aromatic rings. The average molecular weight is 286 g/mol. The van der Waals surface area contributed by atoms with Crippen molar-refractivity contribution < 1.29 is 0 Å². The van der Waals surface area contributed by atoms with E-state index in [0.29, 0.717) is 22.9 Å². The number of aryl methyl sites for hydroxylation is 1. The molecule has 0 aromatic carbocycles. The molecule has 7 heteroatoms. The van der Waals surface area contributed by atoms with Crippen LogP contribution in [0.2, 0.25) is 0 Å². The first-order valence-corrected chi connectivity index (χ1v) is 7.61. The molecule has 7 nitrogen and oxygen atoms in total. The van der Waals surface area contributed by atoms with E-state index in [1.54, 1.807) is 6.33 Å². The number of nitrogens with zero attached hydrogens (tertiary/aromatic N) is 5. The molecule has 0 atom stereocenters. The first kappa shape index (κ1) is 12.6. The Hall–Kier alpha value is -2.18. The van der Waals surface area contributed by atoms with Gasteiger partial charge in [0, 0.05) is 12.5 Å². The summed E-state index contributed by atoms with van der Waals surface area (Å²) in [6.45, 7) is 2.84. The third-order valence-corrected chi connectivity index (χ3v) is 4.28. The van der Waals surface area contributed by atoms with E-state index in [4.69, 9.17) is 0 Å². The Labute approximate surface area is 121 Å². The highest BCUT2D eigenvalue weighted by Crippen LogP contribution is 2.32. The summed E-state index contributed by atoms with van der Waals surface area (Å²) in [6.07, 6.45) is 7.36. The molecule has 110 valence electrons. The van der Waals surface area contributed by atoms with Gasteiger partial charge in [-0.2, -0.15) is 14.5 Å². The minimum absolute atomic E-state index is 0.113. The van der Waals surface area contributed by atoms with Crippen molar-refractivity contribution in [2.75, 3.05) is 0 Å². The topological polar surface area (TPSA) is 80.9 Å². The van der Waals surface area contributed by atoms with Crippen LogP contribution in [0.4, 0.5) is 0 Å². The lowest BCUT2D eigenvalue weighted by molar-refractivity contribution is 0.662. The number of hydrogen-bond donors (Lipinski definition) is 1. The van der Waals surface area contributed by atoms with Crippen molar-refractivity contribution in [2.45, 2.75) is 51.5 Å². The monoisotopic (exact) mass is 286 g/mol. The van der Waals surface area contributed by atoms with Crippen LogP contribution in [-0.2, 0) is 6.54 Å². The summed E-state index contributed by atoms with van der Waals surface area (Å²) in [4.78, 5) is 25.8. The van der Waals surface area contributed by atoms with E-state index >= 15 is 0 Å². The van der Waals surface area contributed by atoms with Gasteiger partial charge in [-0.3, -0.25) is 9.89 Å². The van der Waals surface area contributed by atoms with Gasteiger partial charge in [-0.25, -0.2) is 4.98 Å². The smallest absolute Gasteiger partial charge is 0.300 e. The van der Waals surface area contributed by atoms with Crippen molar-refractivity contribution in [3.05, 3.63) is 22.5 Å². The van der Waals surface area contributed by atoms with Crippen molar-refractivity contribution in [3.8, 4) is 0 Å². The Morgan fingerprint density at radius 1 is 1.33 bits per heavy atom. The number of aromatic nitrogens is 6. The summed E-state index contributed by atoms with van der Waals surface area (Å²) < 4.78 is 3.33. The molecule has 0 amide bonds. The minimum Gasteiger partial charge on any atom is -0.325 e. The summed E-state index contributed by atoms with van der Waals surface area (Å²) in [5.41, 5.74) is 0.923. The number of fused-ring (bicyclic) bond motifs is 2. The summed E-state index contributed by atoms with van der Waals surface area (Å²) in [5.74, 6) is 1.74. The first-order valence-electron chi connectivity index (χ1n) is 7.61. The maximum Gasteiger partial charge on any atom is 0.300 e. The van der Waals surface area contributed by atoms with Gasteiger partial charge in [0.1, 0.15) is 5.82 Å². The number of aromatic amines is 1. The molecule has 0 radical (unpaired) electrons. The fraction of sp³-hybridized carbons (Fsp3) is 0.571. The van der Waals surface area contributed by atoms with Crippen LogP contribution in [0.3, 0.4) is 0 Å². The van der Waals surface area contributed by atoms with Crippen molar-refractivity contribution in [1.82, 2.24) is 29.1 Å². The lowest BCUT2D eigenvalue weighted by atomic mass is 10.1. The third kappa shape index (κ3) is 1.87. The lowest BCUT2D eigenvalue weighted by Gasteiger charge is -2.02. The summed E-state index contributed by atoms with van der Waals surface area (Å²) in [6, 6.07) is 0. The summed E-state index contributed by atoms with van der Waals surface area (Å²) in [5, 5.41) is 3.15. The van der Waals surface area contributed by atoms with Gasteiger partial charge < -0.3 is 4.57 Å². The predicted octanol–water partition coefficient (Wildman–Crippen LogP) is 1.83. The van der Waals surface area contributed by atoms with Gasteiger partial charge in [0.2, 0.25) is 0 Å². The molecule has 1 fully saturated rings. The van der Waals surface area contributed by atoms with Gasteiger partial charge in [0.15, 0.2) is 11.2 Å². The van der Waals surface area contributed by atoms with Crippen molar-refractivity contribution >= 4 is 16.9 Å². The van der Waals surface area contributed by atoms with E-state index in [1.807, 2.05) is 4.57 Å². The maximum atomic E-state index is 12.7. The Bertz CT molecular complexity index is 851. The van der Waals surface area contributed by atoms with Gasteiger partial charge in [-0.15, -0.1) is 0 Å². The highest BCUT2D eigenvalue weighted by Gasteiger charge is 2.22. The minimum atomic E-state index is -0.113. The maximum absolute atomic E-state index is 12.7. The molecule has 1 aliphatic carbocycles. The van der Waals surface area contributed by atoms with E-state index in [1.165, 1.54) is 17.4 Å². The molecule has 1 N–H and O–H groups in total. The van der Waals surface area contributed by atoms with E-state index in [-0.39, 0.29) is 5.56 Å². The van der Waals surface area contributed by atoms with Gasteiger partial charge in [0.25, 0.3) is 11.3 Å². The second-order valence-corrected chi connectivity index (χ2v) is 5.75. The molecule has 0 bridgehead atoms. The lowest BCUT2D eigenvalue weighted by Crippen LogP contribution is -2.18. The molecule has 0 spiro atoms. The van der Waals surface area contributed by atoms with Crippen LogP contribution in [0, 0.1) is 0 Å². The molecule has 1 aliphatic rings. The average Bonchev–Trinajstić information content (AvgIpc) is 3.17. The molecule has 0 unspecified atom stereocenters. The number of hydrogen-bond acceptors (Lipinski definition) is 4. The third-order valence-electron chi connectivity index (χ3n) is 4.28. The van der Waals surface area contributed by atoms with Crippen molar-refractivity contribution in [3.63, 3.8) is 0 Å². The second kappa shape index (κ2) is 4.68. The van der Waals surface area contributed by atoms with Gasteiger partial charge >= 0.3 is 0 Å². The van der Waals surface area contributed by atoms with Crippen LogP contribution in [-0.4, -0.2) is 29.1 Å². The molecule has 4 rings (SSSR count). The Morgan fingerprint density at radius 3 is 2.90 bits per heavy atom. The molecule has 0 aliphatic heterocycles. The standard InChI is InChI=1S/C14H18N6O/c1-2-7-19-8-15-12-10(19)13(21)20-14(17-12)16-11(18-20)9-5-3-4-6-9/h8-9H,2-7H2,1H3,(H,16,17,18). The van der Waals surface area contributed by atoms with Crippen LogP contribution in [0.15, 0.2) is 11.1 Å². The number of nitrogens with one attached hydrogen (secondary N) is 1. The zero-order chi connectivity index (χ0) is 14.4. The molecule has 3 heterocycles. The Kier molecular flexibility index (Phi) is 2.80. The Balaban J connectivity index is 1.92. The van der Waals surface area contributed by atoms with Gasteiger partial charge in [0.05, 0.1) is 6.33 Å². The molecule has 0 saturated heterocycles.